The number of benzene rings is 1. The average molecular weight is 376 g/mol. The summed E-state index contributed by atoms with van der Waals surface area (Å²) in [5.74, 6) is -0.0587. The van der Waals surface area contributed by atoms with Gasteiger partial charge in [0.15, 0.2) is 0 Å². The molecule has 23 heavy (non-hydrogen) atoms. The van der Waals surface area contributed by atoms with E-state index in [0.717, 1.165) is 21.1 Å². The maximum absolute atomic E-state index is 12.0. The Hall–Kier alpha value is -1.14. The number of hydrogen-bond donors (Lipinski definition) is 1. The van der Waals surface area contributed by atoms with Crippen molar-refractivity contribution < 1.29 is 4.79 Å². The van der Waals surface area contributed by atoms with Crippen LogP contribution in [0.3, 0.4) is 0 Å². The van der Waals surface area contributed by atoms with Crippen LogP contribution in [0, 0.1) is 6.92 Å². The Morgan fingerprint density at radius 1 is 1.22 bits per heavy atom. The molecule has 1 heterocycles. The van der Waals surface area contributed by atoms with E-state index in [1.165, 1.54) is 0 Å². The molecule has 1 aromatic carbocycles. The summed E-state index contributed by atoms with van der Waals surface area (Å²) in [5.41, 5.74) is 7.75. The third-order valence-corrected chi connectivity index (χ3v) is 4.93. The van der Waals surface area contributed by atoms with Crippen molar-refractivity contribution in [1.82, 2.24) is 9.88 Å². The number of nitrogens with two attached hydrogens (primary N) is 1. The Kier molecular flexibility index (Phi) is 8.77. The lowest BCUT2D eigenvalue weighted by Crippen LogP contribution is -2.40. The molecule has 128 valence electrons. The van der Waals surface area contributed by atoms with E-state index >= 15 is 0 Å². The van der Waals surface area contributed by atoms with E-state index in [0.29, 0.717) is 0 Å². The first kappa shape index (κ1) is 21.9. The van der Waals surface area contributed by atoms with Gasteiger partial charge >= 0.3 is 0 Å². The van der Waals surface area contributed by atoms with Crippen LogP contribution in [-0.4, -0.2) is 28.9 Å². The molecule has 0 spiro atoms. The molecule has 0 bridgehead atoms. The second kappa shape index (κ2) is 9.23. The van der Waals surface area contributed by atoms with Gasteiger partial charge in [-0.25, -0.2) is 4.98 Å². The Labute approximate surface area is 153 Å². The second-order valence-electron chi connectivity index (χ2n) is 5.25. The van der Waals surface area contributed by atoms with Crippen molar-refractivity contribution in [2.24, 2.45) is 5.73 Å². The first-order valence-electron chi connectivity index (χ1n) is 6.96. The largest absolute Gasteiger partial charge is 0.337 e. The zero-order chi connectivity index (χ0) is 15.6. The van der Waals surface area contributed by atoms with E-state index in [4.69, 9.17) is 5.73 Å². The lowest BCUT2D eigenvalue weighted by atomic mass is 10.2. The third kappa shape index (κ3) is 4.91. The highest BCUT2D eigenvalue weighted by Crippen LogP contribution is 2.33. The molecule has 0 saturated carbocycles. The van der Waals surface area contributed by atoms with Crippen molar-refractivity contribution in [3.8, 4) is 10.6 Å². The molecule has 2 N–H and O–H groups in total. The van der Waals surface area contributed by atoms with Gasteiger partial charge in [0.25, 0.3) is 0 Å². The van der Waals surface area contributed by atoms with Crippen LogP contribution in [0.25, 0.3) is 10.6 Å². The van der Waals surface area contributed by atoms with E-state index in [1.54, 1.807) is 30.2 Å². The maximum atomic E-state index is 12.0. The summed E-state index contributed by atoms with van der Waals surface area (Å²) >= 11 is 1.63. The Balaban J connectivity index is 0.00000242. The molecule has 0 aliphatic heterocycles. The monoisotopic (exact) mass is 375 g/mol. The van der Waals surface area contributed by atoms with Gasteiger partial charge in [0.2, 0.25) is 5.91 Å². The van der Waals surface area contributed by atoms with E-state index in [2.05, 4.69) is 4.98 Å². The average Bonchev–Trinajstić information content (AvgIpc) is 2.87. The minimum absolute atomic E-state index is 0. The Bertz CT molecular complexity index is 632. The number of rotatable bonds is 4. The van der Waals surface area contributed by atoms with Gasteiger partial charge in [0.1, 0.15) is 5.01 Å². The molecule has 0 fully saturated rings. The van der Waals surface area contributed by atoms with Crippen LogP contribution in [-0.2, 0) is 4.79 Å². The number of nitrogens with zero attached hydrogens (tertiary/aromatic N) is 2. The van der Waals surface area contributed by atoms with E-state index in [9.17, 15) is 4.79 Å². The van der Waals surface area contributed by atoms with Crippen LogP contribution in [0.2, 0.25) is 0 Å². The molecule has 7 heteroatoms. The standard InChI is InChI=1S/C16H21N3OS.2ClH/c1-10(17)16(20)19(4)12(3)14-11(2)18-15(21-14)13-8-6-5-7-9-13;;/h5-10,12H,17H2,1-4H3;2*1H. The molecule has 4 nitrogen and oxygen atoms in total. The molecule has 0 saturated heterocycles. The predicted molar refractivity (Wildman–Crippen MR) is 102 cm³/mol. The summed E-state index contributed by atoms with van der Waals surface area (Å²) in [5, 5.41) is 0.983. The third-order valence-electron chi connectivity index (χ3n) is 3.55. The van der Waals surface area contributed by atoms with Crippen LogP contribution in [0.1, 0.15) is 30.5 Å². The Morgan fingerprint density at radius 2 is 1.78 bits per heavy atom. The number of aromatic nitrogens is 1. The van der Waals surface area contributed by atoms with Gasteiger partial charge in [-0.15, -0.1) is 36.2 Å². The summed E-state index contributed by atoms with van der Waals surface area (Å²) in [6, 6.07) is 9.56. The summed E-state index contributed by atoms with van der Waals surface area (Å²) in [7, 11) is 1.79. The fourth-order valence-electron chi connectivity index (χ4n) is 2.19. The first-order valence-corrected chi connectivity index (χ1v) is 7.78. The van der Waals surface area contributed by atoms with Crippen molar-refractivity contribution >= 4 is 42.1 Å². The molecule has 2 rings (SSSR count). The van der Waals surface area contributed by atoms with Crippen LogP contribution >= 0.6 is 36.2 Å². The lowest BCUT2D eigenvalue weighted by Gasteiger charge is -2.26. The van der Waals surface area contributed by atoms with E-state index < -0.39 is 6.04 Å². The molecular formula is C16H23Cl2N3OS. The molecule has 2 unspecified atom stereocenters. The summed E-state index contributed by atoms with van der Waals surface area (Å²) in [6.07, 6.45) is 0. The topological polar surface area (TPSA) is 59.2 Å². The molecule has 1 aromatic heterocycles. The van der Waals surface area contributed by atoms with E-state index in [1.807, 2.05) is 44.2 Å². The minimum atomic E-state index is -0.487. The quantitative estimate of drug-likeness (QED) is 0.882. The van der Waals surface area contributed by atoms with Gasteiger partial charge in [-0.1, -0.05) is 30.3 Å². The molecule has 0 aliphatic rings. The van der Waals surface area contributed by atoms with Gasteiger partial charge in [-0.2, -0.15) is 0 Å². The predicted octanol–water partition coefficient (Wildman–Crippen LogP) is 3.83. The number of halogens is 2. The number of thiazole rings is 1. The van der Waals surface area contributed by atoms with Crippen molar-refractivity contribution in [2.45, 2.75) is 32.9 Å². The number of aryl methyl sites for hydroxylation is 1. The van der Waals surface area contributed by atoms with Crippen molar-refractivity contribution in [2.75, 3.05) is 7.05 Å². The van der Waals surface area contributed by atoms with Crippen LogP contribution in [0.4, 0.5) is 0 Å². The van der Waals surface area contributed by atoms with E-state index in [-0.39, 0.29) is 36.8 Å². The smallest absolute Gasteiger partial charge is 0.239 e. The molecule has 2 atom stereocenters. The zero-order valence-electron chi connectivity index (χ0n) is 13.6. The molecule has 1 amide bonds. The SMILES string of the molecule is Cc1nc(-c2ccccc2)sc1C(C)N(C)C(=O)C(C)N.Cl.Cl. The van der Waals surface area contributed by atoms with Gasteiger partial charge in [-0.3, -0.25) is 4.79 Å². The van der Waals surface area contributed by atoms with Crippen LogP contribution in [0.15, 0.2) is 30.3 Å². The van der Waals surface area contributed by atoms with Crippen LogP contribution in [0.5, 0.6) is 0 Å². The Morgan fingerprint density at radius 3 is 2.30 bits per heavy atom. The van der Waals surface area contributed by atoms with Gasteiger partial charge in [0.05, 0.1) is 22.7 Å². The van der Waals surface area contributed by atoms with Gasteiger partial charge in [-0.05, 0) is 20.8 Å². The summed E-state index contributed by atoms with van der Waals surface area (Å²) in [4.78, 5) is 19.5. The highest BCUT2D eigenvalue weighted by atomic mass is 35.5. The number of hydrogen-bond acceptors (Lipinski definition) is 4. The molecule has 2 aromatic rings. The molecular weight excluding hydrogens is 353 g/mol. The molecule has 0 radical (unpaired) electrons. The summed E-state index contributed by atoms with van der Waals surface area (Å²) in [6.45, 7) is 5.70. The van der Waals surface area contributed by atoms with Crippen molar-refractivity contribution in [1.29, 1.82) is 0 Å². The first-order chi connectivity index (χ1) is 9.91. The minimum Gasteiger partial charge on any atom is -0.337 e. The normalized spacial score (nSPS) is 12.6. The highest BCUT2D eigenvalue weighted by Gasteiger charge is 2.24. The number of likely N-dealkylation sites (N-methyl/N-ethyl adjacent to an activating group) is 1. The lowest BCUT2D eigenvalue weighted by molar-refractivity contribution is -0.132. The zero-order valence-corrected chi connectivity index (χ0v) is 16.1. The number of amides is 1. The fourth-order valence-corrected chi connectivity index (χ4v) is 3.35. The fraction of sp³-hybridized carbons (Fsp3) is 0.375. The number of carbonyl (C=O) groups excluding carboxylic acids is 1. The van der Waals surface area contributed by atoms with Gasteiger partial charge in [0, 0.05) is 12.6 Å². The summed E-state index contributed by atoms with van der Waals surface area (Å²) < 4.78 is 0. The van der Waals surface area contributed by atoms with Gasteiger partial charge < -0.3 is 10.6 Å². The number of carbonyl (C=O) groups is 1. The highest BCUT2D eigenvalue weighted by molar-refractivity contribution is 7.15. The van der Waals surface area contributed by atoms with Crippen molar-refractivity contribution in [3.63, 3.8) is 0 Å². The maximum Gasteiger partial charge on any atom is 0.239 e. The second-order valence-corrected chi connectivity index (χ2v) is 6.28. The molecule has 0 aliphatic carbocycles. The van der Waals surface area contributed by atoms with Crippen LogP contribution < -0.4 is 5.73 Å². The van der Waals surface area contributed by atoms with Crippen molar-refractivity contribution in [3.05, 3.63) is 40.9 Å².